The van der Waals surface area contributed by atoms with Crippen LogP contribution in [-0.2, 0) is 11.0 Å². The zero-order valence-corrected chi connectivity index (χ0v) is 11.4. The summed E-state index contributed by atoms with van der Waals surface area (Å²) in [7, 11) is 1.35. The molecular formula is C14H15F4NO2. The molecule has 0 N–H and O–H groups in total. The maximum absolute atomic E-state index is 13.1. The number of nitrogens with zero attached hydrogens (tertiary/aromatic N) is 1. The normalized spacial score (nSPS) is 18.9. The molecule has 0 spiro atoms. The number of halogens is 4. The van der Waals surface area contributed by atoms with Crippen molar-refractivity contribution in [1.29, 1.82) is 0 Å². The summed E-state index contributed by atoms with van der Waals surface area (Å²) in [6, 6.07) is 2.67. The summed E-state index contributed by atoms with van der Waals surface area (Å²) in [5.41, 5.74) is -0.854. The second-order valence-corrected chi connectivity index (χ2v) is 4.83. The third kappa shape index (κ3) is 3.11. The quantitative estimate of drug-likeness (QED) is 0.802. The van der Waals surface area contributed by atoms with Crippen molar-refractivity contribution >= 4 is 5.91 Å². The van der Waals surface area contributed by atoms with Crippen LogP contribution in [0.1, 0.15) is 30.0 Å². The smallest absolute Gasteiger partial charge is 0.416 e. The lowest BCUT2D eigenvalue weighted by Gasteiger charge is -2.27. The van der Waals surface area contributed by atoms with Crippen molar-refractivity contribution in [2.75, 3.05) is 20.3 Å². The second-order valence-electron chi connectivity index (χ2n) is 4.83. The van der Waals surface area contributed by atoms with Crippen LogP contribution in [0.3, 0.4) is 0 Å². The number of likely N-dealkylation sites (tertiary alicyclic amines) is 1. The number of benzene rings is 1. The molecule has 0 radical (unpaired) electrons. The minimum Gasteiger partial charge on any atom is -0.497 e. The minimum absolute atomic E-state index is 0.0406. The van der Waals surface area contributed by atoms with Gasteiger partial charge >= 0.3 is 6.18 Å². The van der Waals surface area contributed by atoms with E-state index in [1.807, 2.05) is 0 Å². The molecule has 1 amide bonds. The lowest BCUT2D eigenvalue weighted by atomic mass is 9.97. The Morgan fingerprint density at radius 1 is 1.43 bits per heavy atom. The van der Waals surface area contributed by atoms with Gasteiger partial charge in [0, 0.05) is 6.54 Å². The summed E-state index contributed by atoms with van der Waals surface area (Å²) in [5.74, 6) is -0.508. The first-order valence-corrected chi connectivity index (χ1v) is 6.49. The Bertz CT molecular complexity index is 530. The van der Waals surface area contributed by atoms with Crippen molar-refractivity contribution in [3.05, 3.63) is 29.3 Å². The largest absolute Gasteiger partial charge is 0.497 e. The molecule has 1 aromatic rings. The van der Waals surface area contributed by atoms with Gasteiger partial charge in [0.2, 0.25) is 0 Å². The summed E-state index contributed by atoms with van der Waals surface area (Å²) in [4.78, 5) is 12.7. The molecule has 21 heavy (non-hydrogen) atoms. The number of carbonyl (C=O) groups excluding carboxylic acids is 1. The molecule has 1 aliphatic heterocycles. The van der Waals surface area contributed by atoms with Crippen molar-refractivity contribution in [2.45, 2.75) is 25.1 Å². The SMILES string of the molecule is COc1ccc(C(F)(F)F)c(C2CCCN2C(=O)CF)c1. The molecule has 1 unspecified atom stereocenters. The molecule has 1 aromatic carbocycles. The van der Waals surface area contributed by atoms with Crippen molar-refractivity contribution in [3.63, 3.8) is 0 Å². The van der Waals surface area contributed by atoms with E-state index in [-0.39, 0.29) is 17.9 Å². The van der Waals surface area contributed by atoms with Crippen molar-refractivity contribution in [2.24, 2.45) is 0 Å². The van der Waals surface area contributed by atoms with E-state index in [0.717, 1.165) is 6.07 Å². The van der Waals surface area contributed by atoms with Crippen LogP contribution in [0.4, 0.5) is 17.6 Å². The Labute approximate surface area is 119 Å². The topological polar surface area (TPSA) is 29.5 Å². The van der Waals surface area contributed by atoms with Gasteiger partial charge in [-0.25, -0.2) is 4.39 Å². The van der Waals surface area contributed by atoms with E-state index < -0.39 is 30.4 Å². The molecule has 0 aromatic heterocycles. The Hall–Kier alpha value is -1.79. The van der Waals surface area contributed by atoms with E-state index in [1.165, 1.54) is 24.1 Å². The van der Waals surface area contributed by atoms with E-state index >= 15 is 0 Å². The number of hydrogen-bond acceptors (Lipinski definition) is 2. The predicted octanol–water partition coefficient (Wildman–Crippen LogP) is 3.35. The zero-order chi connectivity index (χ0) is 15.6. The molecule has 1 heterocycles. The molecular weight excluding hydrogens is 290 g/mol. The van der Waals surface area contributed by atoms with Gasteiger partial charge < -0.3 is 9.64 Å². The number of amides is 1. The highest BCUT2D eigenvalue weighted by Gasteiger charge is 2.39. The average Bonchev–Trinajstić information content (AvgIpc) is 2.94. The van der Waals surface area contributed by atoms with E-state index in [4.69, 9.17) is 4.74 Å². The van der Waals surface area contributed by atoms with Gasteiger partial charge in [-0.1, -0.05) is 0 Å². The lowest BCUT2D eigenvalue weighted by molar-refractivity contribution is -0.140. The van der Waals surface area contributed by atoms with Crippen LogP contribution >= 0.6 is 0 Å². The third-order valence-corrected chi connectivity index (χ3v) is 3.61. The molecule has 0 saturated carbocycles. The number of ether oxygens (including phenoxy) is 1. The summed E-state index contributed by atoms with van der Waals surface area (Å²) in [5, 5.41) is 0. The highest BCUT2D eigenvalue weighted by molar-refractivity contribution is 5.78. The molecule has 1 fully saturated rings. The fourth-order valence-corrected chi connectivity index (χ4v) is 2.67. The van der Waals surface area contributed by atoms with Crippen LogP contribution in [-0.4, -0.2) is 31.1 Å². The Balaban J connectivity index is 2.47. The van der Waals surface area contributed by atoms with Crippen LogP contribution in [0, 0.1) is 0 Å². The molecule has 3 nitrogen and oxygen atoms in total. The Morgan fingerprint density at radius 2 is 2.14 bits per heavy atom. The fourth-order valence-electron chi connectivity index (χ4n) is 2.67. The van der Waals surface area contributed by atoms with Gasteiger partial charge in [0.1, 0.15) is 5.75 Å². The van der Waals surface area contributed by atoms with Gasteiger partial charge in [-0.2, -0.15) is 13.2 Å². The van der Waals surface area contributed by atoms with E-state index in [2.05, 4.69) is 0 Å². The van der Waals surface area contributed by atoms with E-state index in [1.54, 1.807) is 0 Å². The van der Waals surface area contributed by atoms with Crippen LogP contribution < -0.4 is 4.74 Å². The van der Waals surface area contributed by atoms with Crippen LogP contribution in [0.2, 0.25) is 0 Å². The van der Waals surface area contributed by atoms with Gasteiger partial charge in [-0.3, -0.25) is 4.79 Å². The first-order chi connectivity index (χ1) is 9.88. The molecule has 2 rings (SSSR count). The average molecular weight is 305 g/mol. The van der Waals surface area contributed by atoms with Crippen molar-refractivity contribution < 1.29 is 27.1 Å². The maximum Gasteiger partial charge on any atom is 0.416 e. The number of methoxy groups -OCH3 is 1. The van der Waals surface area contributed by atoms with Crippen LogP contribution in [0.25, 0.3) is 0 Å². The van der Waals surface area contributed by atoms with E-state index in [9.17, 15) is 22.4 Å². The summed E-state index contributed by atoms with van der Waals surface area (Å²) in [6.45, 7) is -0.941. The molecule has 116 valence electrons. The Morgan fingerprint density at radius 3 is 2.71 bits per heavy atom. The summed E-state index contributed by atoms with van der Waals surface area (Å²) >= 11 is 0. The fraction of sp³-hybridized carbons (Fsp3) is 0.500. The summed E-state index contributed by atoms with van der Waals surface area (Å²) in [6.07, 6.45) is -3.61. The van der Waals surface area contributed by atoms with Gasteiger partial charge in [0.25, 0.3) is 5.91 Å². The van der Waals surface area contributed by atoms with Crippen LogP contribution in [0.5, 0.6) is 5.75 Å². The van der Waals surface area contributed by atoms with Gasteiger partial charge in [-0.05, 0) is 36.6 Å². The molecule has 1 saturated heterocycles. The summed E-state index contributed by atoms with van der Waals surface area (Å²) < 4.78 is 56.9. The monoisotopic (exact) mass is 305 g/mol. The van der Waals surface area contributed by atoms with Crippen molar-refractivity contribution in [1.82, 2.24) is 4.90 Å². The zero-order valence-electron chi connectivity index (χ0n) is 11.4. The first-order valence-electron chi connectivity index (χ1n) is 6.49. The van der Waals surface area contributed by atoms with Crippen molar-refractivity contribution in [3.8, 4) is 5.75 Å². The van der Waals surface area contributed by atoms with Gasteiger partial charge in [0.15, 0.2) is 6.67 Å². The predicted molar refractivity (Wildman–Crippen MR) is 67.7 cm³/mol. The highest BCUT2D eigenvalue weighted by Crippen LogP contribution is 2.41. The first kappa shape index (κ1) is 15.6. The number of rotatable bonds is 3. The third-order valence-electron chi connectivity index (χ3n) is 3.61. The number of hydrogen-bond donors (Lipinski definition) is 0. The highest BCUT2D eigenvalue weighted by atomic mass is 19.4. The standard InChI is InChI=1S/C14H15F4NO2/c1-21-9-4-5-11(14(16,17)18)10(7-9)12-3-2-6-19(12)13(20)8-15/h4-5,7,12H,2-3,6,8H2,1H3. The molecule has 0 aliphatic carbocycles. The number of carbonyl (C=O) groups is 1. The molecule has 1 aliphatic rings. The van der Waals surface area contributed by atoms with E-state index in [0.29, 0.717) is 12.8 Å². The minimum atomic E-state index is -4.53. The van der Waals surface area contributed by atoms with Gasteiger partial charge in [0.05, 0.1) is 18.7 Å². The number of alkyl halides is 4. The van der Waals surface area contributed by atoms with Gasteiger partial charge in [-0.15, -0.1) is 0 Å². The molecule has 7 heteroatoms. The molecule has 1 atom stereocenters. The van der Waals surface area contributed by atoms with Crippen LogP contribution in [0.15, 0.2) is 18.2 Å². The lowest BCUT2D eigenvalue weighted by Crippen LogP contribution is -2.32. The molecule has 0 bridgehead atoms. The maximum atomic E-state index is 13.1. The Kier molecular flexibility index (Phi) is 4.39. The second kappa shape index (κ2) is 5.91.